The first kappa shape index (κ1) is 10.5. The lowest BCUT2D eigenvalue weighted by Crippen LogP contribution is -2.25. The van der Waals surface area contributed by atoms with Crippen molar-refractivity contribution in [1.29, 1.82) is 0 Å². The Morgan fingerprint density at radius 3 is 3.00 bits per heavy atom. The van der Waals surface area contributed by atoms with Crippen LogP contribution in [0.2, 0.25) is 4.34 Å². The van der Waals surface area contributed by atoms with Gasteiger partial charge in [-0.05, 0) is 42.2 Å². The van der Waals surface area contributed by atoms with E-state index in [1.165, 1.54) is 24.8 Å². The van der Waals surface area contributed by atoms with Crippen LogP contribution >= 0.6 is 22.9 Å². The molecule has 1 fully saturated rings. The van der Waals surface area contributed by atoms with Crippen LogP contribution in [0.3, 0.4) is 0 Å². The topological polar surface area (TPSA) is 12.0 Å². The third kappa shape index (κ3) is 2.72. The monoisotopic (exact) mass is 229 g/mol. The molecule has 1 N–H and O–H groups in total. The number of halogens is 1. The number of nitrogens with one attached hydrogen (secondary N) is 1. The van der Waals surface area contributed by atoms with Crippen molar-refractivity contribution in [2.24, 2.45) is 5.92 Å². The van der Waals surface area contributed by atoms with Crippen molar-refractivity contribution in [1.82, 2.24) is 5.32 Å². The summed E-state index contributed by atoms with van der Waals surface area (Å²) in [6.45, 7) is 3.31. The molecule has 0 saturated heterocycles. The number of rotatable bonds is 3. The summed E-state index contributed by atoms with van der Waals surface area (Å²) in [5.74, 6) is 0.901. The zero-order valence-electron chi connectivity index (χ0n) is 8.42. The van der Waals surface area contributed by atoms with Gasteiger partial charge in [-0.3, -0.25) is 0 Å². The average Bonchev–Trinajstić information content (AvgIpc) is 2.72. The molecule has 1 saturated carbocycles. The van der Waals surface area contributed by atoms with Crippen LogP contribution in [0.15, 0.2) is 11.4 Å². The Hall–Kier alpha value is -0.0500. The molecule has 0 bridgehead atoms. The van der Waals surface area contributed by atoms with Crippen LogP contribution < -0.4 is 5.32 Å². The van der Waals surface area contributed by atoms with E-state index in [9.17, 15) is 0 Å². The molecule has 0 aromatic carbocycles. The van der Waals surface area contributed by atoms with Crippen molar-refractivity contribution in [2.45, 2.75) is 38.8 Å². The van der Waals surface area contributed by atoms with Gasteiger partial charge in [-0.25, -0.2) is 0 Å². The first-order chi connectivity index (χ1) is 6.74. The SMILES string of the molecule is CC1CCC(NCc2csc(Cl)c2)C1. The standard InChI is InChI=1S/C11H16ClNS/c1-8-2-3-10(4-8)13-6-9-5-11(12)14-7-9/h5,7-8,10,13H,2-4,6H2,1H3. The van der Waals surface area contributed by atoms with Crippen LogP contribution in [0.1, 0.15) is 31.7 Å². The number of thiophene rings is 1. The van der Waals surface area contributed by atoms with E-state index in [-0.39, 0.29) is 0 Å². The molecule has 3 heteroatoms. The highest BCUT2D eigenvalue weighted by Crippen LogP contribution is 2.25. The minimum atomic E-state index is 0.726. The van der Waals surface area contributed by atoms with Crippen LogP contribution in [-0.4, -0.2) is 6.04 Å². The Morgan fingerprint density at radius 2 is 2.43 bits per heavy atom. The van der Waals surface area contributed by atoms with E-state index >= 15 is 0 Å². The van der Waals surface area contributed by atoms with E-state index in [4.69, 9.17) is 11.6 Å². The maximum absolute atomic E-state index is 5.87. The Labute approximate surface area is 94.5 Å². The maximum Gasteiger partial charge on any atom is 0.0931 e. The summed E-state index contributed by atoms with van der Waals surface area (Å²) in [5, 5.41) is 5.72. The second kappa shape index (κ2) is 4.65. The van der Waals surface area contributed by atoms with Crippen molar-refractivity contribution >= 4 is 22.9 Å². The Bertz CT molecular complexity index is 297. The van der Waals surface area contributed by atoms with Crippen LogP contribution in [0, 0.1) is 5.92 Å². The van der Waals surface area contributed by atoms with Crippen molar-refractivity contribution < 1.29 is 0 Å². The van der Waals surface area contributed by atoms with Gasteiger partial charge in [-0.2, -0.15) is 0 Å². The van der Waals surface area contributed by atoms with Crippen molar-refractivity contribution in [2.75, 3.05) is 0 Å². The summed E-state index contributed by atoms with van der Waals surface area (Å²) >= 11 is 7.48. The molecule has 78 valence electrons. The minimum absolute atomic E-state index is 0.726. The van der Waals surface area contributed by atoms with Gasteiger partial charge in [-0.1, -0.05) is 18.5 Å². The number of hydrogen-bond acceptors (Lipinski definition) is 2. The second-order valence-electron chi connectivity index (χ2n) is 4.26. The average molecular weight is 230 g/mol. The number of hydrogen-bond donors (Lipinski definition) is 1. The van der Waals surface area contributed by atoms with Crippen molar-refractivity contribution in [3.8, 4) is 0 Å². The molecule has 0 radical (unpaired) electrons. The molecular formula is C11H16ClNS. The molecule has 2 unspecified atom stereocenters. The van der Waals surface area contributed by atoms with E-state index in [0.29, 0.717) is 0 Å². The molecule has 1 aromatic rings. The van der Waals surface area contributed by atoms with E-state index < -0.39 is 0 Å². The molecule has 1 nitrogen and oxygen atoms in total. The summed E-state index contributed by atoms with van der Waals surface area (Å²) < 4.78 is 0.890. The molecule has 14 heavy (non-hydrogen) atoms. The van der Waals surface area contributed by atoms with Gasteiger partial charge in [0.25, 0.3) is 0 Å². The fourth-order valence-electron chi connectivity index (χ4n) is 2.09. The fraction of sp³-hybridized carbons (Fsp3) is 0.636. The summed E-state index contributed by atoms with van der Waals surface area (Å²) in [5.41, 5.74) is 1.32. The van der Waals surface area contributed by atoms with Gasteiger partial charge in [0.15, 0.2) is 0 Å². The van der Waals surface area contributed by atoms with E-state index in [1.807, 2.05) is 0 Å². The molecule has 2 atom stereocenters. The first-order valence-corrected chi connectivity index (χ1v) is 6.46. The van der Waals surface area contributed by atoms with Gasteiger partial charge in [-0.15, -0.1) is 11.3 Å². The van der Waals surface area contributed by atoms with Crippen molar-refractivity contribution in [3.63, 3.8) is 0 Å². The lowest BCUT2D eigenvalue weighted by atomic mass is 10.1. The van der Waals surface area contributed by atoms with Crippen LogP contribution in [0.4, 0.5) is 0 Å². The highest BCUT2D eigenvalue weighted by molar-refractivity contribution is 7.14. The molecule has 0 aliphatic heterocycles. The highest BCUT2D eigenvalue weighted by atomic mass is 35.5. The molecule has 2 rings (SSSR count). The highest BCUT2D eigenvalue weighted by Gasteiger charge is 2.20. The Kier molecular flexibility index (Phi) is 3.47. The van der Waals surface area contributed by atoms with E-state index in [2.05, 4.69) is 23.7 Å². The van der Waals surface area contributed by atoms with Crippen LogP contribution in [0.5, 0.6) is 0 Å². The van der Waals surface area contributed by atoms with Crippen LogP contribution in [0.25, 0.3) is 0 Å². The largest absolute Gasteiger partial charge is 0.310 e. The van der Waals surface area contributed by atoms with Gasteiger partial charge in [0, 0.05) is 12.6 Å². The third-order valence-electron chi connectivity index (χ3n) is 2.91. The third-order valence-corrected chi connectivity index (χ3v) is 4.05. The summed E-state index contributed by atoms with van der Waals surface area (Å²) in [7, 11) is 0. The first-order valence-electron chi connectivity index (χ1n) is 5.20. The van der Waals surface area contributed by atoms with Crippen LogP contribution in [-0.2, 0) is 6.54 Å². The van der Waals surface area contributed by atoms with Gasteiger partial charge >= 0.3 is 0 Å². The lowest BCUT2D eigenvalue weighted by molar-refractivity contribution is 0.503. The normalized spacial score (nSPS) is 27.0. The molecule has 1 aromatic heterocycles. The predicted octanol–water partition coefficient (Wildman–Crippen LogP) is 3.68. The molecule has 1 aliphatic carbocycles. The van der Waals surface area contributed by atoms with Gasteiger partial charge in [0.1, 0.15) is 0 Å². The van der Waals surface area contributed by atoms with E-state index in [1.54, 1.807) is 11.3 Å². The van der Waals surface area contributed by atoms with Gasteiger partial charge in [0.2, 0.25) is 0 Å². The van der Waals surface area contributed by atoms with E-state index in [0.717, 1.165) is 22.8 Å². The van der Waals surface area contributed by atoms with Gasteiger partial charge in [0.05, 0.1) is 4.34 Å². The lowest BCUT2D eigenvalue weighted by Gasteiger charge is -2.10. The molecule has 1 heterocycles. The van der Waals surface area contributed by atoms with Crippen molar-refractivity contribution in [3.05, 3.63) is 21.3 Å². The minimum Gasteiger partial charge on any atom is -0.310 e. The van der Waals surface area contributed by atoms with Gasteiger partial charge < -0.3 is 5.32 Å². The predicted molar refractivity (Wildman–Crippen MR) is 63.0 cm³/mol. The smallest absolute Gasteiger partial charge is 0.0931 e. The Morgan fingerprint density at radius 1 is 1.57 bits per heavy atom. The molecule has 0 amide bonds. The summed E-state index contributed by atoms with van der Waals surface area (Å²) in [4.78, 5) is 0. The fourth-order valence-corrected chi connectivity index (χ4v) is 3.00. The maximum atomic E-state index is 5.87. The zero-order chi connectivity index (χ0) is 9.97. The molecule has 0 spiro atoms. The Balaban J connectivity index is 1.77. The summed E-state index contributed by atoms with van der Waals surface area (Å²) in [6.07, 6.45) is 4.04. The second-order valence-corrected chi connectivity index (χ2v) is 5.80. The molecular weight excluding hydrogens is 214 g/mol. The summed E-state index contributed by atoms with van der Waals surface area (Å²) in [6, 6.07) is 2.78. The zero-order valence-corrected chi connectivity index (χ0v) is 10.00. The molecule has 1 aliphatic rings. The quantitative estimate of drug-likeness (QED) is 0.834.